The van der Waals surface area contributed by atoms with Gasteiger partial charge in [0.05, 0.1) is 7.11 Å². The largest absolute Gasteiger partial charge is 0.497 e. The summed E-state index contributed by atoms with van der Waals surface area (Å²) in [6.45, 7) is 2.54. The number of nitrogens with one attached hydrogen (secondary N) is 1. The molecule has 6 heteroatoms. The van der Waals surface area contributed by atoms with E-state index in [0.29, 0.717) is 12.2 Å². The first kappa shape index (κ1) is 16.2. The summed E-state index contributed by atoms with van der Waals surface area (Å²) in [6, 6.07) is 9.62. The molecule has 1 aromatic carbocycles. The van der Waals surface area contributed by atoms with Crippen molar-refractivity contribution in [2.24, 2.45) is 0 Å². The number of nitrogens with zero attached hydrogens (tertiary/aromatic N) is 3. The van der Waals surface area contributed by atoms with Crippen molar-refractivity contribution in [2.45, 2.75) is 19.3 Å². The topological polar surface area (TPSA) is 67.3 Å². The number of amides is 1. The van der Waals surface area contributed by atoms with Gasteiger partial charge >= 0.3 is 0 Å². The van der Waals surface area contributed by atoms with Gasteiger partial charge in [0.2, 0.25) is 0 Å². The van der Waals surface area contributed by atoms with Gasteiger partial charge in [0.1, 0.15) is 23.6 Å². The molecule has 1 saturated heterocycles. The Bertz CT molecular complexity index is 699. The third-order valence-electron chi connectivity index (χ3n) is 4.15. The second-order valence-corrected chi connectivity index (χ2v) is 5.81. The van der Waals surface area contributed by atoms with E-state index < -0.39 is 0 Å². The molecule has 1 aliphatic rings. The fourth-order valence-electron chi connectivity index (χ4n) is 2.83. The summed E-state index contributed by atoms with van der Waals surface area (Å²) >= 11 is 0. The summed E-state index contributed by atoms with van der Waals surface area (Å²) < 4.78 is 5.20. The first-order valence-corrected chi connectivity index (χ1v) is 8.24. The minimum absolute atomic E-state index is 0.166. The molecule has 24 heavy (non-hydrogen) atoms. The second-order valence-electron chi connectivity index (χ2n) is 5.81. The van der Waals surface area contributed by atoms with Crippen LogP contribution in [0.4, 0.5) is 5.82 Å². The van der Waals surface area contributed by atoms with Crippen LogP contribution in [-0.4, -0.2) is 42.6 Å². The molecule has 1 aromatic heterocycles. The number of carbonyl (C=O) groups is 1. The van der Waals surface area contributed by atoms with E-state index in [1.54, 1.807) is 13.2 Å². The Morgan fingerprint density at radius 3 is 2.88 bits per heavy atom. The predicted octanol–water partition coefficient (Wildman–Crippen LogP) is 2.06. The third-order valence-corrected chi connectivity index (χ3v) is 4.15. The molecule has 2 heterocycles. The summed E-state index contributed by atoms with van der Waals surface area (Å²) in [6.07, 6.45) is 4.55. The highest BCUT2D eigenvalue weighted by Crippen LogP contribution is 2.17. The maximum absolute atomic E-state index is 12.3. The van der Waals surface area contributed by atoms with Crippen LogP contribution in [0.15, 0.2) is 36.7 Å². The van der Waals surface area contributed by atoms with Crippen LogP contribution in [0.5, 0.6) is 5.75 Å². The molecule has 0 bridgehead atoms. The van der Waals surface area contributed by atoms with Crippen molar-refractivity contribution in [1.82, 2.24) is 15.3 Å². The van der Waals surface area contributed by atoms with Crippen molar-refractivity contribution in [2.75, 3.05) is 31.6 Å². The maximum Gasteiger partial charge on any atom is 0.270 e. The van der Waals surface area contributed by atoms with E-state index in [9.17, 15) is 4.79 Å². The fourth-order valence-corrected chi connectivity index (χ4v) is 2.83. The van der Waals surface area contributed by atoms with Crippen molar-refractivity contribution < 1.29 is 9.53 Å². The number of hydrogen-bond acceptors (Lipinski definition) is 5. The van der Waals surface area contributed by atoms with Crippen LogP contribution >= 0.6 is 0 Å². The van der Waals surface area contributed by atoms with Gasteiger partial charge in [-0.25, -0.2) is 9.97 Å². The van der Waals surface area contributed by atoms with E-state index in [0.717, 1.165) is 36.6 Å². The zero-order valence-electron chi connectivity index (χ0n) is 13.9. The van der Waals surface area contributed by atoms with Crippen LogP contribution in [0.25, 0.3) is 0 Å². The zero-order valence-corrected chi connectivity index (χ0v) is 13.9. The lowest BCUT2D eigenvalue weighted by molar-refractivity contribution is 0.0949. The Kier molecular flexibility index (Phi) is 5.25. The Hall–Kier alpha value is -2.63. The SMILES string of the molecule is COc1cccc(CCNC(=O)c2cc(N3CCCC3)ncn2)c1. The summed E-state index contributed by atoms with van der Waals surface area (Å²) in [4.78, 5) is 22.8. The van der Waals surface area contributed by atoms with Crippen molar-refractivity contribution in [3.8, 4) is 5.75 Å². The summed E-state index contributed by atoms with van der Waals surface area (Å²) in [5.41, 5.74) is 1.53. The number of aromatic nitrogens is 2. The standard InChI is InChI=1S/C18H22N4O2/c1-24-15-6-4-5-14(11-15)7-8-19-18(23)16-12-17(21-13-20-16)22-9-2-3-10-22/h4-6,11-13H,2-3,7-10H2,1H3,(H,19,23). The van der Waals surface area contributed by atoms with Crippen molar-refractivity contribution in [1.29, 1.82) is 0 Å². The maximum atomic E-state index is 12.3. The van der Waals surface area contributed by atoms with Crippen LogP contribution < -0.4 is 15.0 Å². The summed E-state index contributed by atoms with van der Waals surface area (Å²) in [5, 5.41) is 2.91. The summed E-state index contributed by atoms with van der Waals surface area (Å²) in [5.74, 6) is 1.49. The number of carbonyl (C=O) groups excluding carboxylic acids is 1. The second kappa shape index (κ2) is 7.77. The molecule has 1 N–H and O–H groups in total. The Labute approximate surface area is 141 Å². The first-order chi connectivity index (χ1) is 11.8. The molecule has 2 aromatic rings. The molecule has 6 nitrogen and oxygen atoms in total. The molecule has 0 saturated carbocycles. The van der Waals surface area contributed by atoms with Gasteiger partial charge in [0.15, 0.2) is 0 Å². The van der Waals surface area contributed by atoms with E-state index in [4.69, 9.17) is 4.74 Å². The van der Waals surface area contributed by atoms with Crippen LogP contribution in [0.3, 0.4) is 0 Å². The van der Waals surface area contributed by atoms with Gasteiger partial charge in [0.25, 0.3) is 5.91 Å². The Morgan fingerprint density at radius 2 is 2.08 bits per heavy atom. The number of methoxy groups -OCH3 is 1. The van der Waals surface area contributed by atoms with Gasteiger partial charge in [-0.2, -0.15) is 0 Å². The molecule has 1 aliphatic heterocycles. The third kappa shape index (κ3) is 4.01. The van der Waals surface area contributed by atoms with E-state index in [2.05, 4.69) is 20.2 Å². The van der Waals surface area contributed by atoms with Crippen LogP contribution in [0.1, 0.15) is 28.9 Å². The number of ether oxygens (including phenoxy) is 1. The molecule has 126 valence electrons. The van der Waals surface area contributed by atoms with Gasteiger partial charge < -0.3 is 15.0 Å². The number of hydrogen-bond donors (Lipinski definition) is 1. The molecule has 3 rings (SSSR count). The number of benzene rings is 1. The minimum Gasteiger partial charge on any atom is -0.497 e. The molecular weight excluding hydrogens is 304 g/mol. The molecule has 1 amide bonds. The van der Waals surface area contributed by atoms with E-state index in [1.165, 1.54) is 19.2 Å². The minimum atomic E-state index is -0.166. The van der Waals surface area contributed by atoms with Crippen molar-refractivity contribution in [3.63, 3.8) is 0 Å². The molecule has 1 fully saturated rings. The lowest BCUT2D eigenvalue weighted by atomic mass is 10.1. The van der Waals surface area contributed by atoms with E-state index in [-0.39, 0.29) is 5.91 Å². The smallest absolute Gasteiger partial charge is 0.270 e. The van der Waals surface area contributed by atoms with Crippen molar-refractivity contribution >= 4 is 11.7 Å². The Morgan fingerprint density at radius 1 is 1.25 bits per heavy atom. The molecule has 0 unspecified atom stereocenters. The average molecular weight is 326 g/mol. The monoisotopic (exact) mass is 326 g/mol. The van der Waals surface area contributed by atoms with Crippen LogP contribution in [0.2, 0.25) is 0 Å². The molecule has 0 spiro atoms. The first-order valence-electron chi connectivity index (χ1n) is 8.24. The molecular formula is C18H22N4O2. The number of rotatable bonds is 6. The Balaban J connectivity index is 1.55. The zero-order chi connectivity index (χ0) is 16.8. The van der Waals surface area contributed by atoms with Gasteiger partial charge in [-0.15, -0.1) is 0 Å². The highest BCUT2D eigenvalue weighted by Gasteiger charge is 2.16. The summed E-state index contributed by atoms with van der Waals surface area (Å²) in [7, 11) is 1.65. The highest BCUT2D eigenvalue weighted by molar-refractivity contribution is 5.92. The van der Waals surface area contributed by atoms with Crippen LogP contribution in [-0.2, 0) is 6.42 Å². The lowest BCUT2D eigenvalue weighted by Crippen LogP contribution is -2.27. The number of anilines is 1. The van der Waals surface area contributed by atoms with Crippen LogP contribution in [0, 0.1) is 0 Å². The molecule has 0 aliphatic carbocycles. The quantitative estimate of drug-likeness (QED) is 0.880. The highest BCUT2D eigenvalue weighted by atomic mass is 16.5. The van der Waals surface area contributed by atoms with Gasteiger partial charge in [-0.05, 0) is 37.0 Å². The predicted molar refractivity (Wildman–Crippen MR) is 92.5 cm³/mol. The van der Waals surface area contributed by atoms with Gasteiger partial charge in [0, 0.05) is 25.7 Å². The van der Waals surface area contributed by atoms with Crippen molar-refractivity contribution in [3.05, 3.63) is 47.9 Å². The fraction of sp³-hybridized carbons (Fsp3) is 0.389. The average Bonchev–Trinajstić information content (AvgIpc) is 3.17. The normalized spacial score (nSPS) is 13.8. The van der Waals surface area contributed by atoms with E-state index >= 15 is 0 Å². The molecule has 0 atom stereocenters. The van der Waals surface area contributed by atoms with Gasteiger partial charge in [-0.3, -0.25) is 4.79 Å². The van der Waals surface area contributed by atoms with Gasteiger partial charge in [-0.1, -0.05) is 12.1 Å². The van der Waals surface area contributed by atoms with E-state index in [1.807, 2.05) is 24.3 Å². The lowest BCUT2D eigenvalue weighted by Gasteiger charge is -2.16. The molecule has 0 radical (unpaired) electrons.